The summed E-state index contributed by atoms with van der Waals surface area (Å²) in [7, 11) is -3.41. The molecule has 18 heavy (non-hydrogen) atoms. The standard InChI is InChI=1S/C12H13F3O2S/c1-18(16,17)10-4-2-9(3-5-10)12(14,15)11(8-13)6-7-11/h2-5H,6-8H2,1H3. The summed E-state index contributed by atoms with van der Waals surface area (Å²) >= 11 is 0. The summed E-state index contributed by atoms with van der Waals surface area (Å²) in [6.45, 7) is -1.06. The van der Waals surface area contributed by atoms with Gasteiger partial charge in [-0.2, -0.15) is 0 Å². The molecule has 0 atom stereocenters. The molecule has 0 bridgehead atoms. The maximum atomic E-state index is 14.0. The lowest BCUT2D eigenvalue weighted by molar-refractivity contribution is -0.0882. The first-order valence-electron chi connectivity index (χ1n) is 5.47. The zero-order valence-electron chi connectivity index (χ0n) is 9.79. The van der Waals surface area contributed by atoms with E-state index in [-0.39, 0.29) is 23.3 Å². The number of hydrogen-bond acceptors (Lipinski definition) is 2. The van der Waals surface area contributed by atoms with Crippen LogP contribution in [0.25, 0.3) is 0 Å². The van der Waals surface area contributed by atoms with Crippen molar-refractivity contribution >= 4 is 9.84 Å². The van der Waals surface area contributed by atoms with E-state index in [1.807, 2.05) is 0 Å². The van der Waals surface area contributed by atoms with Gasteiger partial charge in [0.25, 0.3) is 5.92 Å². The smallest absolute Gasteiger partial charge is 0.250 e. The Labute approximate surface area is 104 Å². The molecular weight excluding hydrogens is 265 g/mol. The number of alkyl halides is 3. The summed E-state index contributed by atoms with van der Waals surface area (Å²) < 4.78 is 63.2. The van der Waals surface area contributed by atoms with Crippen molar-refractivity contribution < 1.29 is 21.6 Å². The zero-order valence-corrected chi connectivity index (χ0v) is 10.6. The van der Waals surface area contributed by atoms with Crippen LogP contribution < -0.4 is 0 Å². The number of sulfone groups is 1. The fourth-order valence-corrected chi connectivity index (χ4v) is 2.53. The predicted octanol–water partition coefficient (Wildman–Crippen LogP) is 2.93. The molecule has 2 rings (SSSR count). The molecule has 1 aliphatic rings. The quantitative estimate of drug-likeness (QED) is 0.848. The summed E-state index contributed by atoms with van der Waals surface area (Å²) in [6, 6.07) is 4.39. The van der Waals surface area contributed by atoms with Gasteiger partial charge >= 0.3 is 0 Å². The fourth-order valence-electron chi connectivity index (χ4n) is 1.90. The first kappa shape index (κ1) is 13.4. The summed E-state index contributed by atoms with van der Waals surface area (Å²) in [6.07, 6.45) is 1.32. The Bertz CT molecular complexity index is 545. The van der Waals surface area contributed by atoms with Crippen molar-refractivity contribution in [3.05, 3.63) is 29.8 Å². The third kappa shape index (κ3) is 2.02. The van der Waals surface area contributed by atoms with Gasteiger partial charge in [-0.1, -0.05) is 12.1 Å². The normalized spacial score (nSPS) is 18.7. The molecule has 0 unspecified atom stereocenters. The van der Waals surface area contributed by atoms with Gasteiger partial charge in [-0.3, -0.25) is 4.39 Å². The summed E-state index contributed by atoms with van der Waals surface area (Å²) in [5.41, 5.74) is -1.91. The molecule has 0 heterocycles. The first-order valence-corrected chi connectivity index (χ1v) is 7.36. The minimum Gasteiger partial charge on any atom is -0.250 e. The van der Waals surface area contributed by atoms with Gasteiger partial charge in [0.2, 0.25) is 0 Å². The molecule has 0 aliphatic heterocycles. The van der Waals surface area contributed by atoms with Gasteiger partial charge in [-0.25, -0.2) is 17.2 Å². The predicted molar refractivity (Wildman–Crippen MR) is 61.1 cm³/mol. The topological polar surface area (TPSA) is 34.1 Å². The van der Waals surface area contributed by atoms with Crippen LogP contribution in [-0.4, -0.2) is 21.3 Å². The highest BCUT2D eigenvalue weighted by Crippen LogP contribution is 2.61. The van der Waals surface area contributed by atoms with Crippen molar-refractivity contribution in [2.75, 3.05) is 12.9 Å². The molecule has 0 radical (unpaired) electrons. The Balaban J connectivity index is 2.36. The molecule has 100 valence electrons. The van der Waals surface area contributed by atoms with Gasteiger partial charge in [0.05, 0.1) is 10.3 Å². The number of rotatable bonds is 4. The second kappa shape index (κ2) is 3.98. The molecule has 6 heteroatoms. The molecule has 0 amide bonds. The van der Waals surface area contributed by atoms with Crippen molar-refractivity contribution in [3.8, 4) is 0 Å². The van der Waals surface area contributed by atoms with Crippen LogP contribution in [0.1, 0.15) is 18.4 Å². The molecule has 1 fully saturated rings. The molecule has 2 nitrogen and oxygen atoms in total. The van der Waals surface area contributed by atoms with Crippen LogP contribution in [0.4, 0.5) is 13.2 Å². The third-order valence-electron chi connectivity index (χ3n) is 3.42. The second-order valence-corrected chi connectivity index (χ2v) is 6.80. The van der Waals surface area contributed by atoms with E-state index in [9.17, 15) is 21.6 Å². The van der Waals surface area contributed by atoms with Gasteiger partial charge in [0.1, 0.15) is 6.67 Å². The highest BCUT2D eigenvalue weighted by atomic mass is 32.2. The molecule has 0 spiro atoms. The van der Waals surface area contributed by atoms with Crippen LogP contribution in [0.3, 0.4) is 0 Å². The van der Waals surface area contributed by atoms with Crippen molar-refractivity contribution in [2.24, 2.45) is 5.41 Å². The van der Waals surface area contributed by atoms with Gasteiger partial charge in [-0.15, -0.1) is 0 Å². The van der Waals surface area contributed by atoms with Crippen LogP contribution in [0.2, 0.25) is 0 Å². The lowest BCUT2D eigenvalue weighted by Crippen LogP contribution is -2.29. The van der Waals surface area contributed by atoms with Crippen molar-refractivity contribution in [1.82, 2.24) is 0 Å². The van der Waals surface area contributed by atoms with E-state index in [4.69, 9.17) is 0 Å². The highest BCUT2D eigenvalue weighted by molar-refractivity contribution is 7.90. The molecule has 1 aliphatic carbocycles. The van der Waals surface area contributed by atoms with E-state index in [1.165, 1.54) is 0 Å². The minimum atomic E-state index is -3.41. The van der Waals surface area contributed by atoms with Crippen molar-refractivity contribution in [3.63, 3.8) is 0 Å². The van der Waals surface area contributed by atoms with E-state index < -0.39 is 27.8 Å². The molecule has 0 aromatic heterocycles. The number of hydrogen-bond donors (Lipinski definition) is 0. The Hall–Kier alpha value is -1.04. The highest BCUT2D eigenvalue weighted by Gasteiger charge is 2.62. The van der Waals surface area contributed by atoms with Crippen LogP contribution in [0.15, 0.2) is 29.2 Å². The fraction of sp³-hybridized carbons (Fsp3) is 0.500. The molecule has 0 saturated heterocycles. The Morgan fingerprint density at radius 3 is 2.06 bits per heavy atom. The third-order valence-corrected chi connectivity index (χ3v) is 4.55. The van der Waals surface area contributed by atoms with Crippen molar-refractivity contribution in [1.29, 1.82) is 0 Å². The van der Waals surface area contributed by atoms with Crippen LogP contribution in [-0.2, 0) is 15.8 Å². The van der Waals surface area contributed by atoms with Gasteiger partial charge < -0.3 is 0 Å². The maximum absolute atomic E-state index is 14.0. The first-order chi connectivity index (χ1) is 8.23. The molecule has 0 N–H and O–H groups in total. The monoisotopic (exact) mass is 278 g/mol. The van der Waals surface area contributed by atoms with Crippen LogP contribution in [0.5, 0.6) is 0 Å². The minimum absolute atomic E-state index is 0.0212. The maximum Gasteiger partial charge on any atom is 0.281 e. The summed E-state index contributed by atoms with van der Waals surface area (Å²) in [5, 5.41) is 0. The van der Waals surface area contributed by atoms with Gasteiger partial charge in [0, 0.05) is 11.8 Å². The van der Waals surface area contributed by atoms with Crippen molar-refractivity contribution in [2.45, 2.75) is 23.7 Å². The van der Waals surface area contributed by atoms with Crippen LogP contribution >= 0.6 is 0 Å². The van der Waals surface area contributed by atoms with E-state index in [0.717, 1.165) is 30.5 Å². The van der Waals surface area contributed by atoms with Gasteiger partial charge in [0.15, 0.2) is 9.84 Å². The van der Waals surface area contributed by atoms with E-state index >= 15 is 0 Å². The molecular formula is C12H13F3O2S. The molecule has 1 saturated carbocycles. The lowest BCUT2D eigenvalue weighted by atomic mass is 9.93. The Morgan fingerprint density at radius 1 is 1.22 bits per heavy atom. The second-order valence-electron chi connectivity index (χ2n) is 4.78. The Kier molecular flexibility index (Phi) is 2.96. The van der Waals surface area contributed by atoms with E-state index in [2.05, 4.69) is 0 Å². The number of benzene rings is 1. The average Bonchev–Trinajstić information content (AvgIpc) is 3.09. The number of halogens is 3. The van der Waals surface area contributed by atoms with E-state index in [1.54, 1.807) is 0 Å². The lowest BCUT2D eigenvalue weighted by Gasteiger charge is -2.24. The summed E-state index contributed by atoms with van der Waals surface area (Å²) in [5.74, 6) is -3.25. The summed E-state index contributed by atoms with van der Waals surface area (Å²) in [4.78, 5) is -0.0212. The zero-order chi connectivity index (χ0) is 13.6. The van der Waals surface area contributed by atoms with E-state index in [0.29, 0.717) is 0 Å². The largest absolute Gasteiger partial charge is 0.281 e. The Morgan fingerprint density at radius 2 is 1.72 bits per heavy atom. The van der Waals surface area contributed by atoms with Gasteiger partial charge in [-0.05, 0) is 25.0 Å². The molecule has 1 aromatic carbocycles. The SMILES string of the molecule is CS(=O)(=O)c1ccc(C(F)(F)C2(CF)CC2)cc1. The average molecular weight is 278 g/mol. The molecule has 1 aromatic rings. The van der Waals surface area contributed by atoms with Crippen LogP contribution in [0, 0.1) is 5.41 Å².